The quantitative estimate of drug-likeness (QED) is 0.849. The van der Waals surface area contributed by atoms with Gasteiger partial charge in [-0.3, -0.25) is 4.68 Å². The number of sulfonamides is 1. The highest BCUT2D eigenvalue weighted by Crippen LogP contribution is 2.48. The summed E-state index contributed by atoms with van der Waals surface area (Å²) in [6, 6.07) is 7.76. The normalized spacial score (nSPS) is 23.6. The van der Waals surface area contributed by atoms with Crippen molar-refractivity contribution in [2.75, 3.05) is 6.54 Å². The second kappa shape index (κ2) is 5.63. The fraction of sp³-hybridized carbons (Fsp3) is 0.438. The van der Waals surface area contributed by atoms with E-state index in [-0.39, 0.29) is 16.9 Å². The molecule has 1 aromatic heterocycles. The van der Waals surface area contributed by atoms with Crippen LogP contribution in [0.2, 0.25) is 0 Å². The highest BCUT2D eigenvalue weighted by molar-refractivity contribution is 7.89. The highest BCUT2D eigenvalue weighted by Gasteiger charge is 2.44. The molecule has 1 fully saturated rings. The van der Waals surface area contributed by atoms with Gasteiger partial charge in [0, 0.05) is 12.7 Å². The minimum absolute atomic E-state index is 0.0202. The largest absolute Gasteiger partial charge is 0.266 e. The lowest BCUT2D eigenvalue weighted by atomic mass is 9.76. The van der Waals surface area contributed by atoms with E-state index < -0.39 is 23.0 Å². The first-order chi connectivity index (χ1) is 11.5. The van der Waals surface area contributed by atoms with Gasteiger partial charge in [0.1, 0.15) is 11.4 Å². The Morgan fingerprint density at radius 1 is 1.21 bits per heavy atom. The molecule has 0 radical (unpaired) electrons. The molecule has 5 rings (SSSR count). The molecule has 1 saturated heterocycles. The highest BCUT2D eigenvalue weighted by atomic mass is 32.2. The molecule has 5 nitrogen and oxygen atoms in total. The predicted molar refractivity (Wildman–Crippen MR) is 83.3 cm³/mol. The van der Waals surface area contributed by atoms with Gasteiger partial charge >= 0.3 is 0 Å². The van der Waals surface area contributed by atoms with Gasteiger partial charge in [-0.1, -0.05) is 24.3 Å². The number of aromatic nitrogens is 2. The summed E-state index contributed by atoms with van der Waals surface area (Å²) in [6.07, 6.45) is 1.53. The summed E-state index contributed by atoms with van der Waals surface area (Å²) in [5.41, 5.74) is 2.29. The standard InChI is InChI=1S/C16H17F2N3O2S/c17-16(18)10-20-9-12(7-19-20)24(22,23)21-8-11-5-6-15(21)14-4-2-1-3-13(11)14/h1-4,7,9,11,15-16H,5-6,8,10H2/t11-,15+/m1/s1. The average Bonchev–Trinajstić information content (AvgIpc) is 3.04. The summed E-state index contributed by atoms with van der Waals surface area (Å²) in [6.45, 7) is -0.172. The number of fused-ring (bicyclic) bond motifs is 2. The van der Waals surface area contributed by atoms with Crippen molar-refractivity contribution in [3.63, 3.8) is 0 Å². The van der Waals surface area contributed by atoms with Crippen LogP contribution in [-0.4, -0.2) is 35.5 Å². The molecule has 0 N–H and O–H groups in total. The Morgan fingerprint density at radius 2 is 1.96 bits per heavy atom. The van der Waals surface area contributed by atoms with E-state index in [1.165, 1.54) is 16.1 Å². The predicted octanol–water partition coefficient (Wildman–Crippen LogP) is 2.77. The van der Waals surface area contributed by atoms with Gasteiger partial charge in [-0.2, -0.15) is 9.40 Å². The summed E-state index contributed by atoms with van der Waals surface area (Å²) in [5.74, 6) is 0.192. The molecule has 2 bridgehead atoms. The van der Waals surface area contributed by atoms with Crippen molar-refractivity contribution in [3.8, 4) is 0 Å². The molecule has 2 aliphatic heterocycles. The summed E-state index contributed by atoms with van der Waals surface area (Å²) in [4.78, 5) is -0.0202. The summed E-state index contributed by atoms with van der Waals surface area (Å²) >= 11 is 0. The van der Waals surface area contributed by atoms with Crippen LogP contribution in [0.25, 0.3) is 0 Å². The maximum absolute atomic E-state index is 13.0. The van der Waals surface area contributed by atoms with Crippen LogP contribution in [0.1, 0.15) is 35.9 Å². The molecule has 1 aromatic carbocycles. The Kier molecular flexibility index (Phi) is 3.69. The molecule has 8 heteroatoms. The number of alkyl halides is 2. The average molecular weight is 353 g/mol. The second-order valence-electron chi connectivity index (χ2n) is 6.28. The van der Waals surface area contributed by atoms with E-state index in [1.807, 2.05) is 18.2 Å². The molecule has 0 amide bonds. The van der Waals surface area contributed by atoms with Crippen LogP contribution < -0.4 is 0 Å². The van der Waals surface area contributed by atoms with E-state index in [0.717, 1.165) is 29.3 Å². The van der Waals surface area contributed by atoms with Crippen molar-refractivity contribution in [3.05, 3.63) is 47.8 Å². The van der Waals surface area contributed by atoms with Crippen molar-refractivity contribution in [1.29, 1.82) is 0 Å². The van der Waals surface area contributed by atoms with Crippen LogP contribution in [0.3, 0.4) is 0 Å². The van der Waals surface area contributed by atoms with Gasteiger partial charge in [-0.15, -0.1) is 0 Å². The molecule has 0 spiro atoms. The number of piperidine rings is 1. The first kappa shape index (κ1) is 15.7. The van der Waals surface area contributed by atoms with Crippen molar-refractivity contribution in [2.24, 2.45) is 0 Å². The lowest BCUT2D eigenvalue weighted by Gasteiger charge is -2.45. The van der Waals surface area contributed by atoms with Crippen LogP contribution in [0.4, 0.5) is 8.78 Å². The molecule has 24 heavy (non-hydrogen) atoms. The van der Waals surface area contributed by atoms with Crippen LogP contribution in [0.5, 0.6) is 0 Å². The summed E-state index contributed by atoms with van der Waals surface area (Å²) in [5, 5.41) is 3.75. The third-order valence-corrected chi connectivity index (χ3v) is 6.70. The van der Waals surface area contributed by atoms with Gasteiger partial charge in [0.05, 0.1) is 12.2 Å². The number of halogens is 2. The van der Waals surface area contributed by atoms with E-state index in [9.17, 15) is 17.2 Å². The van der Waals surface area contributed by atoms with Crippen LogP contribution in [0, 0.1) is 0 Å². The first-order valence-corrected chi connectivity index (χ1v) is 9.32. The van der Waals surface area contributed by atoms with Gasteiger partial charge in [0.2, 0.25) is 10.0 Å². The zero-order valence-electron chi connectivity index (χ0n) is 12.8. The molecule has 128 valence electrons. The van der Waals surface area contributed by atoms with E-state index in [0.29, 0.717) is 6.54 Å². The zero-order chi connectivity index (χ0) is 16.9. The van der Waals surface area contributed by atoms with Crippen LogP contribution >= 0.6 is 0 Å². The minimum Gasteiger partial charge on any atom is -0.266 e. The molecule has 0 unspecified atom stereocenters. The van der Waals surface area contributed by atoms with Crippen molar-refractivity contribution in [2.45, 2.75) is 42.7 Å². The number of benzene rings is 1. The maximum atomic E-state index is 13.0. The Hall–Kier alpha value is -1.80. The number of hydrogen-bond acceptors (Lipinski definition) is 3. The molecular formula is C16H17F2N3O2S. The number of nitrogens with zero attached hydrogens (tertiary/aromatic N) is 3. The monoisotopic (exact) mass is 353 g/mol. The van der Waals surface area contributed by atoms with Crippen molar-refractivity contribution in [1.82, 2.24) is 14.1 Å². The van der Waals surface area contributed by atoms with Crippen molar-refractivity contribution < 1.29 is 17.2 Å². The molecule has 1 aliphatic carbocycles. The Labute approximate surface area is 138 Å². The SMILES string of the molecule is O=S(=O)(c1cnn(CC(F)F)c1)N1C[C@H]2CC[C@H]1c1ccccc12. The molecular weight excluding hydrogens is 336 g/mol. The molecule has 0 saturated carbocycles. The van der Waals surface area contributed by atoms with Gasteiger partial charge in [-0.25, -0.2) is 17.2 Å². The molecule has 2 atom stereocenters. The summed E-state index contributed by atoms with van der Waals surface area (Å²) in [7, 11) is -3.75. The van der Waals surface area contributed by atoms with Crippen molar-refractivity contribution >= 4 is 10.0 Å². The summed E-state index contributed by atoms with van der Waals surface area (Å²) < 4.78 is 53.3. The maximum Gasteiger partial charge on any atom is 0.257 e. The lowest BCUT2D eigenvalue weighted by molar-refractivity contribution is 0.121. The van der Waals surface area contributed by atoms with E-state index in [1.54, 1.807) is 0 Å². The number of hydrogen-bond donors (Lipinski definition) is 0. The van der Waals surface area contributed by atoms with Gasteiger partial charge in [0.15, 0.2) is 0 Å². The zero-order valence-corrected chi connectivity index (χ0v) is 13.7. The first-order valence-electron chi connectivity index (χ1n) is 7.88. The molecule has 3 heterocycles. The topological polar surface area (TPSA) is 55.2 Å². The van der Waals surface area contributed by atoms with Gasteiger partial charge < -0.3 is 0 Å². The van der Waals surface area contributed by atoms with Gasteiger partial charge in [-0.05, 0) is 29.9 Å². The minimum atomic E-state index is -3.75. The van der Waals surface area contributed by atoms with Gasteiger partial charge in [0.25, 0.3) is 6.43 Å². The third kappa shape index (κ3) is 2.44. The van der Waals surface area contributed by atoms with Crippen LogP contribution in [0.15, 0.2) is 41.6 Å². The second-order valence-corrected chi connectivity index (χ2v) is 8.17. The third-order valence-electron chi connectivity index (χ3n) is 4.87. The van der Waals surface area contributed by atoms with E-state index in [4.69, 9.17) is 0 Å². The lowest BCUT2D eigenvalue weighted by Crippen LogP contribution is -2.45. The molecule has 2 aromatic rings. The Balaban J connectivity index is 1.68. The Morgan fingerprint density at radius 3 is 2.71 bits per heavy atom. The smallest absolute Gasteiger partial charge is 0.257 e. The Bertz CT molecular complexity index is 866. The van der Waals surface area contributed by atoms with Crippen LogP contribution in [-0.2, 0) is 16.6 Å². The molecule has 3 aliphatic rings. The van der Waals surface area contributed by atoms with E-state index in [2.05, 4.69) is 11.2 Å². The van der Waals surface area contributed by atoms with E-state index >= 15 is 0 Å². The fourth-order valence-electron chi connectivity index (χ4n) is 3.81. The number of rotatable bonds is 4. The fourth-order valence-corrected chi connectivity index (χ4v) is 5.45.